The summed E-state index contributed by atoms with van der Waals surface area (Å²) in [6.45, 7) is 1.79. The molecule has 0 bridgehead atoms. The van der Waals surface area contributed by atoms with Gasteiger partial charge < -0.3 is 19.5 Å². The van der Waals surface area contributed by atoms with Gasteiger partial charge >= 0.3 is 0 Å². The number of aliphatic hydroxyl groups excluding tert-OH is 1. The second kappa shape index (κ2) is 7.33. The lowest BCUT2D eigenvalue weighted by Gasteiger charge is -2.35. The zero-order valence-corrected chi connectivity index (χ0v) is 15.5. The van der Waals surface area contributed by atoms with E-state index < -0.39 is 6.10 Å². The Kier molecular flexibility index (Phi) is 4.92. The molecule has 2 fully saturated rings. The van der Waals surface area contributed by atoms with E-state index in [-0.39, 0.29) is 6.10 Å². The Hall–Kier alpha value is -1.98. The molecule has 0 amide bonds. The Morgan fingerprint density at radius 3 is 2.73 bits per heavy atom. The first-order chi connectivity index (χ1) is 12.6. The third kappa shape index (κ3) is 3.46. The van der Waals surface area contributed by atoms with Crippen LogP contribution in [0.15, 0.2) is 42.6 Å². The average Bonchev–Trinajstić information content (AvgIpc) is 3.04. The molecule has 1 N–H and O–H groups in total. The molecule has 0 radical (unpaired) electrons. The van der Waals surface area contributed by atoms with Crippen molar-refractivity contribution >= 4 is 17.4 Å². The van der Waals surface area contributed by atoms with Crippen molar-refractivity contribution in [2.24, 2.45) is 11.8 Å². The van der Waals surface area contributed by atoms with Gasteiger partial charge in [-0.2, -0.15) is 0 Å². The van der Waals surface area contributed by atoms with E-state index in [1.54, 1.807) is 19.4 Å². The molecule has 1 saturated carbocycles. The molecule has 2 aliphatic rings. The number of pyridine rings is 1. The van der Waals surface area contributed by atoms with Crippen molar-refractivity contribution in [3.63, 3.8) is 0 Å². The fourth-order valence-corrected chi connectivity index (χ4v) is 4.36. The van der Waals surface area contributed by atoms with E-state index in [1.165, 1.54) is 0 Å². The first-order valence-corrected chi connectivity index (χ1v) is 9.36. The maximum atomic E-state index is 10.6. The highest BCUT2D eigenvalue weighted by atomic mass is 35.5. The van der Waals surface area contributed by atoms with E-state index in [9.17, 15) is 5.11 Å². The SMILES string of the molecule is COc1cccnc1N1C[C@H]2C[C@@H](Oc3cccc(Cl)c3)[C@H](O)C[C@H]2C1. The van der Waals surface area contributed by atoms with Crippen molar-refractivity contribution in [2.75, 3.05) is 25.1 Å². The van der Waals surface area contributed by atoms with E-state index >= 15 is 0 Å². The smallest absolute Gasteiger partial charge is 0.171 e. The summed E-state index contributed by atoms with van der Waals surface area (Å²) in [5.74, 6) is 3.29. The minimum Gasteiger partial charge on any atom is -0.493 e. The van der Waals surface area contributed by atoms with Crippen molar-refractivity contribution < 1.29 is 14.6 Å². The van der Waals surface area contributed by atoms with Crippen LogP contribution >= 0.6 is 11.6 Å². The van der Waals surface area contributed by atoms with Gasteiger partial charge in [0.1, 0.15) is 11.9 Å². The maximum absolute atomic E-state index is 10.6. The summed E-state index contributed by atoms with van der Waals surface area (Å²) in [6.07, 6.45) is 2.67. The molecule has 2 aromatic rings. The first-order valence-electron chi connectivity index (χ1n) is 8.98. The van der Waals surface area contributed by atoms with Gasteiger partial charge in [-0.1, -0.05) is 17.7 Å². The minimum atomic E-state index is -0.471. The maximum Gasteiger partial charge on any atom is 0.171 e. The lowest BCUT2D eigenvalue weighted by Crippen LogP contribution is -2.42. The summed E-state index contributed by atoms with van der Waals surface area (Å²) in [4.78, 5) is 6.76. The molecule has 26 heavy (non-hydrogen) atoms. The largest absolute Gasteiger partial charge is 0.493 e. The van der Waals surface area contributed by atoms with Gasteiger partial charge in [0.2, 0.25) is 0 Å². The zero-order valence-electron chi connectivity index (χ0n) is 14.7. The number of methoxy groups -OCH3 is 1. The zero-order chi connectivity index (χ0) is 18.1. The number of anilines is 1. The second-order valence-corrected chi connectivity index (χ2v) is 7.54. The molecule has 0 spiro atoms. The van der Waals surface area contributed by atoms with Crippen molar-refractivity contribution in [2.45, 2.75) is 25.0 Å². The molecule has 1 aromatic carbocycles. The van der Waals surface area contributed by atoms with E-state index in [4.69, 9.17) is 21.1 Å². The number of aromatic nitrogens is 1. The van der Waals surface area contributed by atoms with Crippen LogP contribution in [0.2, 0.25) is 5.02 Å². The van der Waals surface area contributed by atoms with Crippen LogP contribution in [0.1, 0.15) is 12.8 Å². The fraction of sp³-hybridized carbons (Fsp3) is 0.450. The highest BCUT2D eigenvalue weighted by Crippen LogP contribution is 2.41. The normalized spacial score (nSPS) is 27.9. The topological polar surface area (TPSA) is 54.8 Å². The van der Waals surface area contributed by atoms with Crippen LogP contribution in [0, 0.1) is 11.8 Å². The van der Waals surface area contributed by atoms with Crippen molar-refractivity contribution in [1.82, 2.24) is 4.98 Å². The van der Waals surface area contributed by atoms with Crippen LogP contribution in [0.4, 0.5) is 5.82 Å². The lowest BCUT2D eigenvalue weighted by atomic mass is 9.78. The van der Waals surface area contributed by atoms with Gasteiger partial charge in [0, 0.05) is 24.3 Å². The number of ether oxygens (including phenoxy) is 2. The van der Waals surface area contributed by atoms with E-state index in [0.717, 1.165) is 37.5 Å². The number of rotatable bonds is 4. The summed E-state index contributed by atoms with van der Waals surface area (Å²) in [6, 6.07) is 11.2. The molecule has 1 aromatic heterocycles. The molecular weight excluding hydrogens is 352 g/mol. The monoisotopic (exact) mass is 374 g/mol. The third-order valence-corrected chi connectivity index (χ3v) is 5.67. The first kappa shape index (κ1) is 17.4. The molecule has 1 aliphatic heterocycles. The molecule has 138 valence electrons. The molecule has 6 heteroatoms. The standard InChI is InChI=1S/C20H23ClN2O3/c1-25-18-6-3-7-22-20(18)23-11-13-8-17(24)19(9-14(13)12-23)26-16-5-2-4-15(21)10-16/h2-7,10,13-14,17,19,24H,8-9,11-12H2,1H3/t13-,14+,17+,19+/m0/s1. The molecular formula is C20H23ClN2O3. The van der Waals surface area contributed by atoms with Gasteiger partial charge in [-0.3, -0.25) is 0 Å². The summed E-state index contributed by atoms with van der Waals surface area (Å²) in [5, 5.41) is 11.2. The van der Waals surface area contributed by atoms with E-state index in [1.807, 2.05) is 30.3 Å². The fourth-order valence-electron chi connectivity index (χ4n) is 4.18. The molecule has 2 heterocycles. The van der Waals surface area contributed by atoms with E-state index in [0.29, 0.717) is 22.6 Å². The van der Waals surface area contributed by atoms with Crippen molar-refractivity contribution in [3.05, 3.63) is 47.6 Å². The van der Waals surface area contributed by atoms with Gasteiger partial charge in [-0.15, -0.1) is 0 Å². The Bertz CT molecular complexity index is 772. The Balaban J connectivity index is 1.46. The predicted molar refractivity (Wildman–Crippen MR) is 101 cm³/mol. The summed E-state index contributed by atoms with van der Waals surface area (Å²) < 4.78 is 11.5. The summed E-state index contributed by atoms with van der Waals surface area (Å²) in [7, 11) is 1.67. The lowest BCUT2D eigenvalue weighted by molar-refractivity contribution is -0.0231. The number of hydrogen-bond acceptors (Lipinski definition) is 5. The second-order valence-electron chi connectivity index (χ2n) is 7.11. The van der Waals surface area contributed by atoms with Crippen molar-refractivity contribution in [1.29, 1.82) is 0 Å². The van der Waals surface area contributed by atoms with Gasteiger partial charge in [0.25, 0.3) is 0 Å². The number of fused-ring (bicyclic) bond motifs is 1. The number of nitrogens with zero attached hydrogens (tertiary/aromatic N) is 2. The average molecular weight is 375 g/mol. The number of halogens is 1. The van der Waals surface area contributed by atoms with Gasteiger partial charge in [-0.05, 0) is 55.0 Å². The highest BCUT2D eigenvalue weighted by Gasteiger charge is 2.43. The Labute approximate surface area is 158 Å². The van der Waals surface area contributed by atoms with Crippen molar-refractivity contribution in [3.8, 4) is 11.5 Å². The summed E-state index contributed by atoms with van der Waals surface area (Å²) >= 11 is 6.04. The quantitative estimate of drug-likeness (QED) is 0.888. The molecule has 4 atom stereocenters. The molecule has 5 nitrogen and oxygen atoms in total. The molecule has 1 aliphatic carbocycles. The molecule has 0 unspecified atom stereocenters. The van der Waals surface area contributed by atoms with Crippen LogP contribution in [0.3, 0.4) is 0 Å². The van der Waals surface area contributed by atoms with Gasteiger partial charge in [0.15, 0.2) is 11.6 Å². The number of benzene rings is 1. The van der Waals surface area contributed by atoms with Gasteiger partial charge in [-0.25, -0.2) is 4.98 Å². The highest BCUT2D eigenvalue weighted by molar-refractivity contribution is 6.30. The van der Waals surface area contributed by atoms with Crippen LogP contribution in [0.5, 0.6) is 11.5 Å². The molecule has 4 rings (SSSR count). The Morgan fingerprint density at radius 2 is 1.96 bits per heavy atom. The van der Waals surface area contributed by atoms with E-state index in [2.05, 4.69) is 9.88 Å². The van der Waals surface area contributed by atoms with Crippen LogP contribution in [-0.4, -0.2) is 42.5 Å². The third-order valence-electron chi connectivity index (χ3n) is 5.44. The molecule has 1 saturated heterocycles. The van der Waals surface area contributed by atoms with Crippen LogP contribution in [-0.2, 0) is 0 Å². The number of hydrogen-bond donors (Lipinski definition) is 1. The van der Waals surface area contributed by atoms with Gasteiger partial charge in [0.05, 0.1) is 13.2 Å². The Morgan fingerprint density at radius 1 is 1.15 bits per heavy atom. The van der Waals surface area contributed by atoms with Crippen LogP contribution in [0.25, 0.3) is 0 Å². The number of aliphatic hydroxyl groups is 1. The van der Waals surface area contributed by atoms with Crippen LogP contribution < -0.4 is 14.4 Å². The predicted octanol–water partition coefficient (Wildman–Crippen LogP) is 3.40. The summed E-state index contributed by atoms with van der Waals surface area (Å²) in [5.41, 5.74) is 0. The minimum absolute atomic E-state index is 0.208.